The van der Waals surface area contributed by atoms with Crippen molar-refractivity contribution >= 4 is 27.2 Å². The number of nitrogens with zero attached hydrogens (tertiary/aromatic N) is 2. The third-order valence-corrected chi connectivity index (χ3v) is 3.18. The van der Waals surface area contributed by atoms with Crippen LogP contribution in [0.3, 0.4) is 0 Å². The van der Waals surface area contributed by atoms with Gasteiger partial charge in [0.1, 0.15) is 0 Å². The van der Waals surface area contributed by atoms with E-state index in [0.717, 1.165) is 11.0 Å². The second-order valence-corrected chi connectivity index (χ2v) is 4.11. The van der Waals surface area contributed by atoms with Gasteiger partial charge in [0.2, 0.25) is 0 Å². The first-order valence-corrected chi connectivity index (χ1v) is 5.60. The van der Waals surface area contributed by atoms with Crippen molar-refractivity contribution in [3.8, 4) is 0 Å². The molecule has 0 N–H and O–H groups in total. The van der Waals surface area contributed by atoms with Gasteiger partial charge in [0, 0.05) is 26.3 Å². The van der Waals surface area contributed by atoms with E-state index in [1.807, 2.05) is 28.9 Å². The SMILES string of the molecule is [Ir].[c-]1cccc2c3ccccc3c3ccnn3c12. The molecule has 0 aliphatic rings. The summed E-state index contributed by atoms with van der Waals surface area (Å²) in [5.74, 6) is 0. The maximum absolute atomic E-state index is 4.38. The summed E-state index contributed by atoms with van der Waals surface area (Å²) in [4.78, 5) is 0. The number of pyridine rings is 1. The molecule has 2 nitrogen and oxygen atoms in total. The minimum atomic E-state index is 0. The van der Waals surface area contributed by atoms with E-state index in [-0.39, 0.29) is 20.1 Å². The normalized spacial score (nSPS) is 10.9. The first kappa shape index (κ1) is 11.4. The molecule has 0 amide bonds. The number of hydrogen-bond acceptors (Lipinski definition) is 1. The van der Waals surface area contributed by atoms with Gasteiger partial charge < -0.3 is 0 Å². The number of aromatic nitrogens is 2. The van der Waals surface area contributed by atoms with Crippen molar-refractivity contribution in [3.63, 3.8) is 0 Å². The minimum absolute atomic E-state index is 0. The van der Waals surface area contributed by atoms with Crippen molar-refractivity contribution in [2.75, 3.05) is 0 Å². The van der Waals surface area contributed by atoms with E-state index in [4.69, 9.17) is 0 Å². The maximum Gasteiger partial charge on any atom is 0.0711 e. The van der Waals surface area contributed by atoms with E-state index < -0.39 is 0 Å². The molecule has 0 aliphatic carbocycles. The summed E-state index contributed by atoms with van der Waals surface area (Å²) in [7, 11) is 0. The smallest absolute Gasteiger partial charge is 0.0711 e. The zero-order valence-electron chi connectivity index (χ0n) is 9.42. The van der Waals surface area contributed by atoms with Crippen LogP contribution in [0.2, 0.25) is 0 Å². The van der Waals surface area contributed by atoms with Gasteiger partial charge in [-0.05, 0) is 17.0 Å². The molecule has 1 radical (unpaired) electrons. The fraction of sp³-hybridized carbons (Fsp3) is 0. The quantitative estimate of drug-likeness (QED) is 0.321. The Bertz CT molecular complexity index is 779. The molecule has 0 aliphatic heterocycles. The first-order valence-electron chi connectivity index (χ1n) is 5.60. The van der Waals surface area contributed by atoms with Gasteiger partial charge in [-0.25, -0.2) is 0 Å². The Hall–Kier alpha value is -1.70. The molecule has 3 heteroatoms. The molecule has 2 aromatic carbocycles. The summed E-state index contributed by atoms with van der Waals surface area (Å²) in [5.41, 5.74) is 2.17. The molecule has 0 spiro atoms. The molecule has 4 aromatic rings. The largest absolute Gasteiger partial charge is 0.257 e. The molecular weight excluding hydrogens is 400 g/mol. The van der Waals surface area contributed by atoms with E-state index in [0.29, 0.717) is 0 Å². The summed E-state index contributed by atoms with van der Waals surface area (Å²) in [5, 5.41) is 8.07. The number of hydrogen-bond donors (Lipinski definition) is 0. The Kier molecular flexibility index (Phi) is 2.66. The van der Waals surface area contributed by atoms with Gasteiger partial charge in [0.15, 0.2) is 0 Å². The standard InChI is InChI=1S/C15H9N2.Ir/c1-2-6-13-11(5-1)12-7-3-4-8-14(12)17-15(13)9-10-16-17;/h1-7,9-10H;/q-1;. The van der Waals surface area contributed by atoms with E-state index in [9.17, 15) is 0 Å². The van der Waals surface area contributed by atoms with Crippen LogP contribution in [0.1, 0.15) is 0 Å². The Morgan fingerprint density at radius 3 is 2.56 bits per heavy atom. The zero-order chi connectivity index (χ0) is 11.2. The number of fused-ring (bicyclic) bond motifs is 6. The summed E-state index contributed by atoms with van der Waals surface area (Å²) in [6.45, 7) is 0. The van der Waals surface area contributed by atoms with Crippen LogP contribution < -0.4 is 0 Å². The van der Waals surface area contributed by atoms with Crippen molar-refractivity contribution in [2.24, 2.45) is 0 Å². The van der Waals surface area contributed by atoms with Crippen LogP contribution in [0.15, 0.2) is 54.7 Å². The molecule has 0 saturated carbocycles. The Balaban J connectivity index is 0.000001000. The van der Waals surface area contributed by atoms with Crippen LogP contribution in [-0.4, -0.2) is 9.61 Å². The third-order valence-electron chi connectivity index (χ3n) is 3.18. The second kappa shape index (κ2) is 4.20. The van der Waals surface area contributed by atoms with Gasteiger partial charge in [-0.3, -0.25) is 4.52 Å². The Morgan fingerprint density at radius 2 is 1.67 bits per heavy atom. The van der Waals surface area contributed by atoms with E-state index in [1.54, 1.807) is 0 Å². The molecular formula is C15H9IrN2-. The average Bonchev–Trinajstić information content (AvgIpc) is 2.89. The summed E-state index contributed by atoms with van der Waals surface area (Å²) in [6, 6.07) is 19.8. The van der Waals surface area contributed by atoms with Crippen LogP contribution in [0, 0.1) is 6.07 Å². The molecule has 89 valence electrons. The third kappa shape index (κ3) is 1.41. The van der Waals surface area contributed by atoms with Gasteiger partial charge in [-0.1, -0.05) is 29.7 Å². The zero-order valence-corrected chi connectivity index (χ0v) is 11.8. The van der Waals surface area contributed by atoms with Gasteiger partial charge in [0.25, 0.3) is 0 Å². The molecule has 0 unspecified atom stereocenters. The van der Waals surface area contributed by atoms with Crippen molar-refractivity contribution < 1.29 is 20.1 Å². The van der Waals surface area contributed by atoms with Crippen LogP contribution in [-0.2, 0) is 20.1 Å². The second-order valence-electron chi connectivity index (χ2n) is 4.11. The molecule has 4 rings (SSSR count). The van der Waals surface area contributed by atoms with Gasteiger partial charge in [-0.15, -0.1) is 5.39 Å². The molecule has 18 heavy (non-hydrogen) atoms. The van der Waals surface area contributed by atoms with Crippen molar-refractivity contribution in [2.45, 2.75) is 0 Å². The molecule has 0 fully saturated rings. The van der Waals surface area contributed by atoms with Gasteiger partial charge >= 0.3 is 0 Å². The Morgan fingerprint density at radius 1 is 0.889 bits per heavy atom. The molecule has 0 saturated heterocycles. The molecule has 2 heterocycles. The van der Waals surface area contributed by atoms with Gasteiger partial charge in [-0.2, -0.15) is 29.4 Å². The van der Waals surface area contributed by atoms with E-state index in [2.05, 4.69) is 41.5 Å². The monoisotopic (exact) mass is 410 g/mol. The fourth-order valence-electron chi connectivity index (χ4n) is 2.45. The Labute approximate surface area is 118 Å². The predicted molar refractivity (Wildman–Crippen MR) is 69.0 cm³/mol. The van der Waals surface area contributed by atoms with Crippen molar-refractivity contribution in [1.29, 1.82) is 0 Å². The fourth-order valence-corrected chi connectivity index (χ4v) is 2.45. The average molecular weight is 409 g/mol. The molecule has 0 bridgehead atoms. The first-order chi connectivity index (χ1) is 8.45. The number of para-hydroxylation sites is 1. The van der Waals surface area contributed by atoms with Crippen LogP contribution in [0.5, 0.6) is 0 Å². The molecule has 0 atom stereocenters. The minimum Gasteiger partial charge on any atom is -0.257 e. The van der Waals surface area contributed by atoms with Crippen LogP contribution in [0.4, 0.5) is 0 Å². The molecule has 2 aromatic heterocycles. The van der Waals surface area contributed by atoms with Crippen molar-refractivity contribution in [1.82, 2.24) is 9.61 Å². The van der Waals surface area contributed by atoms with E-state index in [1.165, 1.54) is 16.2 Å². The van der Waals surface area contributed by atoms with Gasteiger partial charge in [0.05, 0.1) is 5.52 Å². The van der Waals surface area contributed by atoms with Crippen molar-refractivity contribution in [3.05, 3.63) is 60.8 Å². The maximum atomic E-state index is 4.38. The summed E-state index contributed by atoms with van der Waals surface area (Å²) in [6.07, 6.45) is 1.84. The topological polar surface area (TPSA) is 17.3 Å². The van der Waals surface area contributed by atoms with Crippen LogP contribution in [0.25, 0.3) is 27.2 Å². The van der Waals surface area contributed by atoms with E-state index >= 15 is 0 Å². The number of benzene rings is 2. The number of rotatable bonds is 0. The van der Waals surface area contributed by atoms with Crippen LogP contribution >= 0.6 is 0 Å². The summed E-state index contributed by atoms with van der Waals surface area (Å²) >= 11 is 0. The predicted octanol–water partition coefficient (Wildman–Crippen LogP) is 3.44. The summed E-state index contributed by atoms with van der Waals surface area (Å²) < 4.78 is 1.96.